The summed E-state index contributed by atoms with van der Waals surface area (Å²) in [6.07, 6.45) is 2.17. The molecule has 1 aliphatic heterocycles. The molecule has 3 rings (SSSR count). The molecule has 1 aromatic heterocycles. The number of carbonyl (C=O) groups excluding carboxylic acids is 1. The largest absolute Gasteiger partial charge is 0.472 e. The smallest absolute Gasteiger partial charge is 0.387 e. The van der Waals surface area contributed by atoms with Crippen LogP contribution in [0.5, 0.6) is 11.6 Å². The summed E-state index contributed by atoms with van der Waals surface area (Å²) in [5.41, 5.74) is 0.654. The number of halogens is 2. The van der Waals surface area contributed by atoms with Gasteiger partial charge in [0, 0.05) is 30.4 Å². The van der Waals surface area contributed by atoms with Crippen molar-refractivity contribution in [1.29, 1.82) is 0 Å². The van der Waals surface area contributed by atoms with Gasteiger partial charge in [0.2, 0.25) is 5.88 Å². The molecule has 2 aromatic rings. The molecule has 1 aromatic carbocycles. The molecule has 1 atom stereocenters. The van der Waals surface area contributed by atoms with Gasteiger partial charge in [0.25, 0.3) is 5.91 Å². The highest BCUT2D eigenvalue weighted by molar-refractivity contribution is 6.04. The van der Waals surface area contributed by atoms with Crippen LogP contribution in [0, 0.1) is 0 Å². The number of aromatic nitrogens is 1. The van der Waals surface area contributed by atoms with E-state index in [4.69, 9.17) is 9.47 Å². The van der Waals surface area contributed by atoms with E-state index < -0.39 is 12.5 Å². The Labute approximate surface area is 142 Å². The maximum atomic E-state index is 12.2. The Kier molecular flexibility index (Phi) is 5.39. The van der Waals surface area contributed by atoms with Crippen molar-refractivity contribution < 1.29 is 27.8 Å². The number of amides is 1. The third-order valence-corrected chi connectivity index (χ3v) is 3.49. The standard InChI is InChI=1S/C17H16F2N2O4/c18-17(19)25-13-3-1-2-12(8-13)21-16(22)11-4-5-15(20-9-11)24-14-6-7-23-10-14/h1-5,8-9,14,17H,6-7,10H2,(H,21,22). The molecule has 0 bridgehead atoms. The van der Waals surface area contributed by atoms with E-state index in [-0.39, 0.29) is 11.9 Å². The monoisotopic (exact) mass is 350 g/mol. The highest BCUT2D eigenvalue weighted by atomic mass is 19.3. The molecule has 2 heterocycles. The molecule has 0 radical (unpaired) electrons. The quantitative estimate of drug-likeness (QED) is 0.867. The number of pyridine rings is 1. The molecule has 1 amide bonds. The summed E-state index contributed by atoms with van der Waals surface area (Å²) >= 11 is 0. The van der Waals surface area contributed by atoms with Gasteiger partial charge < -0.3 is 19.5 Å². The molecule has 1 fully saturated rings. The van der Waals surface area contributed by atoms with Gasteiger partial charge in [-0.3, -0.25) is 4.79 Å². The lowest BCUT2D eigenvalue weighted by molar-refractivity contribution is -0.0497. The van der Waals surface area contributed by atoms with Gasteiger partial charge in [-0.15, -0.1) is 0 Å². The van der Waals surface area contributed by atoms with E-state index in [0.29, 0.717) is 30.3 Å². The van der Waals surface area contributed by atoms with E-state index in [1.54, 1.807) is 18.2 Å². The summed E-state index contributed by atoms with van der Waals surface area (Å²) in [6.45, 7) is -1.73. The zero-order valence-corrected chi connectivity index (χ0v) is 13.2. The van der Waals surface area contributed by atoms with Crippen LogP contribution in [-0.2, 0) is 4.74 Å². The van der Waals surface area contributed by atoms with E-state index in [9.17, 15) is 13.6 Å². The number of hydrogen-bond acceptors (Lipinski definition) is 5. The number of hydrogen-bond donors (Lipinski definition) is 1. The number of carbonyl (C=O) groups is 1. The highest BCUT2D eigenvalue weighted by Gasteiger charge is 2.18. The lowest BCUT2D eigenvalue weighted by Crippen LogP contribution is -2.17. The Hall–Kier alpha value is -2.74. The van der Waals surface area contributed by atoms with Crippen LogP contribution in [0.25, 0.3) is 0 Å². The van der Waals surface area contributed by atoms with Crippen molar-refractivity contribution in [3.05, 3.63) is 48.2 Å². The van der Waals surface area contributed by atoms with Gasteiger partial charge in [0.1, 0.15) is 11.9 Å². The number of anilines is 1. The Morgan fingerprint density at radius 2 is 2.20 bits per heavy atom. The van der Waals surface area contributed by atoms with Gasteiger partial charge in [-0.2, -0.15) is 8.78 Å². The van der Waals surface area contributed by atoms with Crippen LogP contribution in [0.15, 0.2) is 42.6 Å². The summed E-state index contributed by atoms with van der Waals surface area (Å²) in [7, 11) is 0. The van der Waals surface area contributed by atoms with Gasteiger partial charge in [-0.05, 0) is 18.2 Å². The number of nitrogens with zero attached hydrogens (tertiary/aromatic N) is 1. The van der Waals surface area contributed by atoms with Crippen LogP contribution in [-0.4, -0.2) is 36.8 Å². The van der Waals surface area contributed by atoms with Crippen LogP contribution in [0.3, 0.4) is 0 Å². The van der Waals surface area contributed by atoms with Crippen LogP contribution < -0.4 is 14.8 Å². The molecule has 1 saturated heterocycles. The van der Waals surface area contributed by atoms with Gasteiger partial charge >= 0.3 is 6.61 Å². The van der Waals surface area contributed by atoms with Gasteiger partial charge in [-0.1, -0.05) is 6.07 Å². The van der Waals surface area contributed by atoms with E-state index in [2.05, 4.69) is 15.0 Å². The van der Waals surface area contributed by atoms with Crippen molar-refractivity contribution in [1.82, 2.24) is 4.98 Å². The van der Waals surface area contributed by atoms with Crippen molar-refractivity contribution in [2.45, 2.75) is 19.1 Å². The molecule has 132 valence electrons. The van der Waals surface area contributed by atoms with Crippen molar-refractivity contribution in [3.8, 4) is 11.6 Å². The van der Waals surface area contributed by atoms with Gasteiger partial charge in [0.15, 0.2) is 0 Å². The minimum absolute atomic E-state index is 0.0234. The fourth-order valence-corrected chi connectivity index (χ4v) is 2.31. The maximum Gasteiger partial charge on any atom is 0.387 e. The summed E-state index contributed by atoms with van der Waals surface area (Å²) in [4.78, 5) is 16.3. The maximum absolute atomic E-state index is 12.2. The van der Waals surface area contributed by atoms with Gasteiger partial charge in [0.05, 0.1) is 18.8 Å². The first kappa shape index (κ1) is 17.1. The number of ether oxygens (including phenoxy) is 3. The summed E-state index contributed by atoms with van der Waals surface area (Å²) in [6, 6.07) is 8.95. The summed E-state index contributed by atoms with van der Waals surface area (Å²) < 4.78 is 39.6. The second-order valence-electron chi connectivity index (χ2n) is 5.35. The predicted molar refractivity (Wildman–Crippen MR) is 85.1 cm³/mol. The first-order valence-electron chi connectivity index (χ1n) is 7.67. The zero-order valence-electron chi connectivity index (χ0n) is 13.2. The van der Waals surface area contributed by atoms with E-state index in [1.165, 1.54) is 24.4 Å². The molecular formula is C17H16F2N2O4. The Bertz CT molecular complexity index is 719. The van der Waals surface area contributed by atoms with Crippen molar-refractivity contribution >= 4 is 11.6 Å². The van der Waals surface area contributed by atoms with Crippen LogP contribution in [0.4, 0.5) is 14.5 Å². The molecule has 1 unspecified atom stereocenters. The molecule has 1 N–H and O–H groups in total. The SMILES string of the molecule is O=C(Nc1cccc(OC(F)F)c1)c1ccc(OC2CCOC2)nc1. The topological polar surface area (TPSA) is 69.7 Å². The minimum atomic E-state index is -2.92. The molecule has 1 aliphatic rings. The van der Waals surface area contributed by atoms with E-state index in [1.807, 2.05) is 0 Å². The lowest BCUT2D eigenvalue weighted by Gasteiger charge is -2.11. The van der Waals surface area contributed by atoms with E-state index in [0.717, 1.165) is 6.42 Å². The second kappa shape index (κ2) is 7.89. The molecular weight excluding hydrogens is 334 g/mol. The number of alkyl halides is 2. The average molecular weight is 350 g/mol. The molecule has 0 spiro atoms. The third-order valence-electron chi connectivity index (χ3n) is 3.49. The first-order valence-corrected chi connectivity index (χ1v) is 7.67. The van der Waals surface area contributed by atoms with Crippen LogP contribution in [0.1, 0.15) is 16.8 Å². The molecule has 6 nitrogen and oxygen atoms in total. The predicted octanol–water partition coefficient (Wildman–Crippen LogP) is 3.10. The first-order chi connectivity index (χ1) is 12.1. The zero-order chi connectivity index (χ0) is 17.6. The second-order valence-corrected chi connectivity index (χ2v) is 5.35. The number of benzene rings is 1. The average Bonchev–Trinajstić information content (AvgIpc) is 3.08. The fraction of sp³-hybridized carbons (Fsp3) is 0.294. The van der Waals surface area contributed by atoms with Crippen molar-refractivity contribution in [3.63, 3.8) is 0 Å². The Morgan fingerprint density at radius 3 is 2.88 bits per heavy atom. The molecule has 8 heteroatoms. The Morgan fingerprint density at radius 1 is 1.32 bits per heavy atom. The summed E-state index contributed by atoms with van der Waals surface area (Å²) in [5, 5.41) is 2.60. The van der Waals surface area contributed by atoms with Gasteiger partial charge in [-0.25, -0.2) is 4.98 Å². The van der Waals surface area contributed by atoms with Crippen molar-refractivity contribution in [2.24, 2.45) is 0 Å². The molecule has 0 aliphatic carbocycles. The van der Waals surface area contributed by atoms with Crippen LogP contribution >= 0.6 is 0 Å². The molecule has 0 saturated carbocycles. The molecule has 25 heavy (non-hydrogen) atoms. The third kappa shape index (κ3) is 4.87. The fourth-order valence-electron chi connectivity index (χ4n) is 2.31. The highest BCUT2D eigenvalue weighted by Crippen LogP contribution is 2.20. The van der Waals surface area contributed by atoms with Crippen LogP contribution in [0.2, 0.25) is 0 Å². The number of nitrogens with one attached hydrogen (secondary N) is 1. The van der Waals surface area contributed by atoms with Crippen molar-refractivity contribution in [2.75, 3.05) is 18.5 Å². The Balaban J connectivity index is 1.61. The minimum Gasteiger partial charge on any atom is -0.472 e. The number of rotatable bonds is 6. The normalized spacial score (nSPS) is 16.7. The van der Waals surface area contributed by atoms with E-state index >= 15 is 0 Å². The summed E-state index contributed by atoms with van der Waals surface area (Å²) in [5.74, 6) is -0.0368. The lowest BCUT2D eigenvalue weighted by atomic mass is 10.2.